The maximum absolute atomic E-state index is 6.38. The Balaban J connectivity index is 0.00000182. The monoisotopic (exact) mass is 380 g/mol. The molecule has 1 fully saturated rings. The summed E-state index contributed by atoms with van der Waals surface area (Å²) < 4.78 is 10.7. The van der Waals surface area contributed by atoms with Gasteiger partial charge in [0, 0.05) is 30.7 Å². The quantitative estimate of drug-likeness (QED) is 0.746. The van der Waals surface area contributed by atoms with Crippen molar-refractivity contribution >= 4 is 24.0 Å². The van der Waals surface area contributed by atoms with Crippen molar-refractivity contribution in [2.75, 3.05) is 19.6 Å². The van der Waals surface area contributed by atoms with E-state index in [1.54, 1.807) is 12.3 Å². The molecular weight excluding hydrogens is 363 g/mol. The molecule has 2 aromatic heterocycles. The lowest BCUT2D eigenvalue weighted by Gasteiger charge is -2.35. The zero-order valence-corrected chi connectivity index (χ0v) is 15.0. The number of hydrogen-bond donors (Lipinski definition) is 1. The smallest absolute Gasteiger partial charge is 0.241 e. The Morgan fingerprint density at radius 1 is 1.24 bits per heavy atom. The SMILES string of the molecule is Cl.Clc1ccccc1C1CNCCN1Cc1nc(-c2ccco2)no1. The normalized spacial score (nSPS) is 18.0. The third kappa shape index (κ3) is 3.88. The molecule has 1 aliphatic rings. The standard InChI is InChI=1S/C17H17ClN4O2.ClH/c18-13-5-2-1-4-12(13)14-10-19-7-8-22(14)11-16-20-17(21-24-16)15-6-3-9-23-15;/h1-6,9,14,19H,7-8,10-11H2;1H. The highest BCUT2D eigenvalue weighted by molar-refractivity contribution is 6.31. The molecule has 0 radical (unpaired) electrons. The van der Waals surface area contributed by atoms with Gasteiger partial charge in [-0.05, 0) is 23.8 Å². The number of nitrogens with zero attached hydrogens (tertiary/aromatic N) is 3. The van der Waals surface area contributed by atoms with Gasteiger partial charge >= 0.3 is 0 Å². The van der Waals surface area contributed by atoms with Gasteiger partial charge in [-0.25, -0.2) is 0 Å². The molecular formula is C17H18Cl2N4O2. The number of piperazine rings is 1. The largest absolute Gasteiger partial charge is 0.461 e. The summed E-state index contributed by atoms with van der Waals surface area (Å²) in [6, 6.07) is 11.7. The molecule has 1 unspecified atom stereocenters. The third-order valence-corrected chi connectivity index (χ3v) is 4.51. The predicted octanol–water partition coefficient (Wildman–Crippen LogP) is 3.55. The van der Waals surface area contributed by atoms with Crippen LogP contribution in [0.15, 0.2) is 51.6 Å². The van der Waals surface area contributed by atoms with Gasteiger partial charge in [0.1, 0.15) is 0 Å². The van der Waals surface area contributed by atoms with Gasteiger partial charge in [0.25, 0.3) is 0 Å². The van der Waals surface area contributed by atoms with Crippen LogP contribution in [0.2, 0.25) is 5.02 Å². The molecule has 0 spiro atoms. The number of furan rings is 1. The number of benzene rings is 1. The van der Waals surface area contributed by atoms with Crippen LogP contribution < -0.4 is 5.32 Å². The fourth-order valence-electron chi connectivity index (χ4n) is 2.99. The maximum Gasteiger partial charge on any atom is 0.241 e. The number of rotatable bonds is 4. The highest BCUT2D eigenvalue weighted by Gasteiger charge is 2.27. The molecule has 132 valence electrons. The average Bonchev–Trinajstić information content (AvgIpc) is 3.27. The van der Waals surface area contributed by atoms with Gasteiger partial charge in [-0.2, -0.15) is 4.98 Å². The lowest BCUT2D eigenvalue weighted by atomic mass is 10.0. The van der Waals surface area contributed by atoms with Crippen LogP contribution in [-0.2, 0) is 6.54 Å². The Morgan fingerprint density at radius 2 is 2.12 bits per heavy atom. The Bertz CT molecular complexity index is 807. The first kappa shape index (κ1) is 17.9. The first-order chi connectivity index (χ1) is 11.8. The molecule has 0 aliphatic carbocycles. The molecule has 3 aromatic rings. The molecule has 1 saturated heterocycles. The zero-order chi connectivity index (χ0) is 16.4. The summed E-state index contributed by atoms with van der Waals surface area (Å²) in [5.74, 6) is 1.65. The summed E-state index contributed by atoms with van der Waals surface area (Å²) in [6.07, 6.45) is 1.59. The molecule has 0 bridgehead atoms. The van der Waals surface area contributed by atoms with E-state index >= 15 is 0 Å². The molecule has 1 atom stereocenters. The van der Waals surface area contributed by atoms with E-state index in [0.29, 0.717) is 24.0 Å². The van der Waals surface area contributed by atoms with E-state index in [9.17, 15) is 0 Å². The molecule has 1 aliphatic heterocycles. The predicted molar refractivity (Wildman–Crippen MR) is 96.7 cm³/mol. The van der Waals surface area contributed by atoms with Gasteiger partial charge in [0.05, 0.1) is 12.8 Å². The van der Waals surface area contributed by atoms with Gasteiger partial charge in [0.15, 0.2) is 5.76 Å². The summed E-state index contributed by atoms with van der Waals surface area (Å²) in [7, 11) is 0. The van der Waals surface area contributed by atoms with Crippen LogP contribution in [0.1, 0.15) is 17.5 Å². The summed E-state index contributed by atoms with van der Waals surface area (Å²) in [4.78, 5) is 6.73. The van der Waals surface area contributed by atoms with Crippen molar-refractivity contribution in [1.29, 1.82) is 0 Å². The number of nitrogens with one attached hydrogen (secondary N) is 1. The zero-order valence-electron chi connectivity index (χ0n) is 13.4. The van der Waals surface area contributed by atoms with Crippen LogP contribution >= 0.6 is 24.0 Å². The van der Waals surface area contributed by atoms with Crippen LogP contribution in [0.4, 0.5) is 0 Å². The van der Waals surface area contributed by atoms with E-state index in [-0.39, 0.29) is 18.4 Å². The van der Waals surface area contributed by atoms with Crippen LogP contribution in [-0.4, -0.2) is 34.7 Å². The van der Waals surface area contributed by atoms with E-state index in [2.05, 4.69) is 26.4 Å². The van der Waals surface area contributed by atoms with Crippen molar-refractivity contribution in [3.63, 3.8) is 0 Å². The second-order valence-corrected chi connectivity index (χ2v) is 6.11. The van der Waals surface area contributed by atoms with E-state index in [1.807, 2.05) is 24.3 Å². The van der Waals surface area contributed by atoms with Crippen LogP contribution in [0.3, 0.4) is 0 Å². The van der Waals surface area contributed by atoms with Crippen molar-refractivity contribution < 1.29 is 8.94 Å². The minimum atomic E-state index is 0. The molecule has 3 heterocycles. The van der Waals surface area contributed by atoms with E-state index in [0.717, 1.165) is 30.2 Å². The highest BCUT2D eigenvalue weighted by Crippen LogP contribution is 2.29. The van der Waals surface area contributed by atoms with Crippen molar-refractivity contribution in [3.8, 4) is 11.6 Å². The Kier molecular flexibility index (Phi) is 5.75. The van der Waals surface area contributed by atoms with Crippen LogP contribution in [0.25, 0.3) is 11.6 Å². The minimum absolute atomic E-state index is 0. The molecule has 0 saturated carbocycles. The Morgan fingerprint density at radius 3 is 2.92 bits per heavy atom. The summed E-state index contributed by atoms with van der Waals surface area (Å²) >= 11 is 6.38. The Labute approximate surface area is 156 Å². The Hall–Kier alpha value is -1.86. The van der Waals surface area contributed by atoms with Crippen molar-refractivity contribution in [2.45, 2.75) is 12.6 Å². The molecule has 1 N–H and O–H groups in total. The maximum atomic E-state index is 6.38. The molecule has 8 heteroatoms. The van der Waals surface area contributed by atoms with E-state index < -0.39 is 0 Å². The average molecular weight is 381 g/mol. The summed E-state index contributed by atoms with van der Waals surface area (Å²) in [5.41, 5.74) is 1.11. The third-order valence-electron chi connectivity index (χ3n) is 4.17. The second kappa shape index (κ2) is 8.01. The molecule has 1 aromatic carbocycles. The highest BCUT2D eigenvalue weighted by atomic mass is 35.5. The minimum Gasteiger partial charge on any atom is -0.461 e. The fourth-order valence-corrected chi connectivity index (χ4v) is 3.25. The molecule has 25 heavy (non-hydrogen) atoms. The number of hydrogen-bond acceptors (Lipinski definition) is 6. The first-order valence-corrected chi connectivity index (χ1v) is 8.25. The fraction of sp³-hybridized carbons (Fsp3) is 0.294. The van der Waals surface area contributed by atoms with Crippen LogP contribution in [0.5, 0.6) is 0 Å². The van der Waals surface area contributed by atoms with Gasteiger partial charge in [-0.15, -0.1) is 12.4 Å². The number of aromatic nitrogens is 2. The van der Waals surface area contributed by atoms with Crippen molar-refractivity contribution in [3.05, 3.63) is 59.1 Å². The van der Waals surface area contributed by atoms with Crippen molar-refractivity contribution in [2.24, 2.45) is 0 Å². The molecule has 0 amide bonds. The lowest BCUT2D eigenvalue weighted by Crippen LogP contribution is -2.45. The second-order valence-electron chi connectivity index (χ2n) is 5.70. The van der Waals surface area contributed by atoms with Gasteiger partial charge in [-0.3, -0.25) is 4.90 Å². The number of halogens is 2. The molecule has 4 rings (SSSR count). The first-order valence-electron chi connectivity index (χ1n) is 7.87. The van der Waals surface area contributed by atoms with E-state index in [1.165, 1.54) is 0 Å². The topological polar surface area (TPSA) is 67.3 Å². The van der Waals surface area contributed by atoms with Gasteiger partial charge in [-0.1, -0.05) is 35.0 Å². The van der Waals surface area contributed by atoms with Crippen LogP contribution in [0, 0.1) is 0 Å². The van der Waals surface area contributed by atoms with Crippen molar-refractivity contribution in [1.82, 2.24) is 20.4 Å². The lowest BCUT2D eigenvalue weighted by molar-refractivity contribution is 0.136. The summed E-state index contributed by atoms with van der Waals surface area (Å²) in [6.45, 7) is 3.21. The summed E-state index contributed by atoms with van der Waals surface area (Å²) in [5, 5.41) is 8.19. The van der Waals surface area contributed by atoms with E-state index in [4.69, 9.17) is 20.5 Å². The van der Waals surface area contributed by atoms with Gasteiger partial charge < -0.3 is 14.3 Å². The van der Waals surface area contributed by atoms with Gasteiger partial charge in [0.2, 0.25) is 11.7 Å². The molecule has 6 nitrogen and oxygen atoms in total.